The molecule has 0 aliphatic heterocycles. The van der Waals surface area contributed by atoms with Gasteiger partial charge in [-0.1, -0.05) is 57.9 Å². The van der Waals surface area contributed by atoms with Crippen molar-refractivity contribution in [3.63, 3.8) is 0 Å². The maximum atomic E-state index is 12.7. The number of amides is 1. The third-order valence-electron chi connectivity index (χ3n) is 4.09. The van der Waals surface area contributed by atoms with Gasteiger partial charge in [-0.25, -0.2) is 0 Å². The van der Waals surface area contributed by atoms with E-state index < -0.39 is 0 Å². The van der Waals surface area contributed by atoms with Gasteiger partial charge in [0.1, 0.15) is 0 Å². The minimum atomic E-state index is -0.136. The number of carbonyl (C=O) groups excluding carboxylic acids is 1. The van der Waals surface area contributed by atoms with Gasteiger partial charge in [0.25, 0.3) is 0 Å². The number of halogens is 2. The zero-order chi connectivity index (χ0) is 20.1. The Hall–Kier alpha value is -2.44. The summed E-state index contributed by atoms with van der Waals surface area (Å²) in [7, 11) is 0. The van der Waals surface area contributed by atoms with Crippen molar-refractivity contribution in [1.29, 1.82) is 0 Å². The monoisotopic (exact) mass is 459 g/mol. The molecule has 28 heavy (non-hydrogen) atoms. The van der Waals surface area contributed by atoms with Gasteiger partial charge in [-0.15, -0.1) is 10.2 Å². The smallest absolute Gasteiger partial charge is 0.249 e. The largest absolute Gasteiger partial charge is 0.419 e. The van der Waals surface area contributed by atoms with E-state index in [1.807, 2.05) is 56.3 Å². The first kappa shape index (κ1) is 20.3. The number of rotatable bonds is 6. The van der Waals surface area contributed by atoms with Crippen LogP contribution in [-0.4, -0.2) is 27.0 Å². The topological polar surface area (TPSA) is 59.2 Å². The van der Waals surface area contributed by atoms with Gasteiger partial charge >= 0.3 is 0 Å². The van der Waals surface area contributed by atoms with Crippen LogP contribution in [0.15, 0.2) is 63.5 Å². The van der Waals surface area contributed by atoms with E-state index in [2.05, 4.69) is 26.1 Å². The van der Waals surface area contributed by atoms with E-state index in [0.717, 1.165) is 10.0 Å². The van der Waals surface area contributed by atoms with Crippen LogP contribution in [0.1, 0.15) is 25.3 Å². The highest BCUT2D eigenvalue weighted by Gasteiger charge is 2.19. The molecular weight excluding hydrogens is 442 g/mol. The van der Waals surface area contributed by atoms with Crippen LogP contribution in [0.3, 0.4) is 0 Å². The van der Waals surface area contributed by atoms with Crippen LogP contribution in [0.5, 0.6) is 0 Å². The summed E-state index contributed by atoms with van der Waals surface area (Å²) >= 11 is 9.66. The van der Waals surface area contributed by atoms with Gasteiger partial charge in [-0.05, 0) is 43.7 Å². The van der Waals surface area contributed by atoms with Crippen molar-refractivity contribution in [3.8, 4) is 11.5 Å². The number of nitrogens with zero attached hydrogens (tertiary/aromatic N) is 3. The summed E-state index contributed by atoms with van der Waals surface area (Å²) in [6.45, 7) is 4.10. The Morgan fingerprint density at radius 2 is 1.89 bits per heavy atom. The maximum absolute atomic E-state index is 12.7. The summed E-state index contributed by atoms with van der Waals surface area (Å²) in [5.74, 6) is 0.551. The molecule has 3 aromatic rings. The van der Waals surface area contributed by atoms with E-state index in [1.165, 1.54) is 0 Å². The fourth-order valence-corrected chi connectivity index (χ4v) is 3.22. The van der Waals surface area contributed by atoms with Crippen LogP contribution in [0.25, 0.3) is 17.5 Å². The molecule has 0 spiro atoms. The van der Waals surface area contributed by atoms with E-state index in [9.17, 15) is 4.79 Å². The van der Waals surface area contributed by atoms with Crippen molar-refractivity contribution in [3.05, 3.63) is 75.6 Å². The summed E-state index contributed by atoms with van der Waals surface area (Å²) in [6, 6.07) is 14.9. The lowest BCUT2D eigenvalue weighted by atomic mass is 10.2. The second kappa shape index (κ2) is 9.17. The third-order valence-corrected chi connectivity index (χ3v) is 5.15. The molecule has 1 heterocycles. The van der Waals surface area contributed by atoms with Crippen molar-refractivity contribution in [1.82, 2.24) is 15.1 Å². The molecule has 0 N–H and O–H groups in total. The number of aromatic nitrogens is 2. The minimum Gasteiger partial charge on any atom is -0.419 e. The van der Waals surface area contributed by atoms with E-state index >= 15 is 0 Å². The SMILES string of the molecule is CC(C)N(Cc1nnc(-c2ccccc2Cl)o1)C(=O)/C=C/c1ccccc1Br. The quantitative estimate of drug-likeness (QED) is 0.449. The van der Waals surface area contributed by atoms with Crippen LogP contribution in [-0.2, 0) is 11.3 Å². The van der Waals surface area contributed by atoms with Gasteiger partial charge in [-0.3, -0.25) is 4.79 Å². The molecule has 0 bridgehead atoms. The van der Waals surface area contributed by atoms with Gasteiger partial charge in [0.2, 0.25) is 17.7 Å². The highest BCUT2D eigenvalue weighted by molar-refractivity contribution is 9.10. The molecular formula is C21H19BrClN3O2. The Bertz CT molecular complexity index is 1000. The van der Waals surface area contributed by atoms with Crippen LogP contribution < -0.4 is 0 Å². The molecule has 5 nitrogen and oxygen atoms in total. The average molecular weight is 461 g/mol. The number of hydrogen-bond acceptors (Lipinski definition) is 4. The minimum absolute atomic E-state index is 0.0352. The van der Waals surface area contributed by atoms with Crippen molar-refractivity contribution in [2.45, 2.75) is 26.4 Å². The molecule has 144 valence electrons. The van der Waals surface area contributed by atoms with Gasteiger partial charge in [0.05, 0.1) is 17.1 Å². The van der Waals surface area contributed by atoms with Crippen molar-refractivity contribution in [2.75, 3.05) is 0 Å². The molecule has 0 fully saturated rings. The zero-order valence-electron chi connectivity index (χ0n) is 15.5. The Kier molecular flexibility index (Phi) is 6.65. The van der Waals surface area contributed by atoms with Crippen LogP contribution >= 0.6 is 27.5 Å². The van der Waals surface area contributed by atoms with Gasteiger partial charge < -0.3 is 9.32 Å². The predicted octanol–water partition coefficient (Wildman–Crippen LogP) is 5.60. The molecule has 0 atom stereocenters. The standard InChI is InChI=1S/C21H19BrClN3O2/c1-14(2)26(20(27)12-11-15-7-3-5-9-17(15)22)13-19-24-25-21(28-19)16-8-4-6-10-18(16)23/h3-12,14H,13H2,1-2H3/b12-11+. The number of carbonyl (C=O) groups is 1. The first-order valence-corrected chi connectivity index (χ1v) is 9.93. The van der Waals surface area contributed by atoms with E-state index in [-0.39, 0.29) is 18.5 Å². The maximum Gasteiger partial charge on any atom is 0.249 e. The summed E-state index contributed by atoms with van der Waals surface area (Å²) in [5, 5.41) is 8.66. The fourth-order valence-electron chi connectivity index (χ4n) is 2.59. The Morgan fingerprint density at radius 3 is 2.61 bits per heavy atom. The van der Waals surface area contributed by atoms with Gasteiger partial charge in [0, 0.05) is 16.6 Å². The van der Waals surface area contributed by atoms with E-state index in [0.29, 0.717) is 22.4 Å². The number of hydrogen-bond donors (Lipinski definition) is 0. The summed E-state index contributed by atoms with van der Waals surface area (Å²) in [4.78, 5) is 14.4. The first-order valence-electron chi connectivity index (χ1n) is 8.76. The molecule has 0 saturated carbocycles. The Morgan fingerprint density at radius 1 is 1.18 bits per heavy atom. The summed E-state index contributed by atoms with van der Waals surface area (Å²) in [6.07, 6.45) is 3.33. The third kappa shape index (κ3) is 4.88. The van der Waals surface area contributed by atoms with Gasteiger partial charge in [-0.2, -0.15) is 0 Å². The Balaban J connectivity index is 1.76. The lowest BCUT2D eigenvalue weighted by Gasteiger charge is -2.23. The highest BCUT2D eigenvalue weighted by Crippen LogP contribution is 2.26. The molecule has 0 radical (unpaired) electrons. The summed E-state index contributed by atoms with van der Waals surface area (Å²) in [5.41, 5.74) is 1.59. The summed E-state index contributed by atoms with van der Waals surface area (Å²) < 4.78 is 6.66. The lowest BCUT2D eigenvalue weighted by Crippen LogP contribution is -2.35. The molecule has 3 rings (SSSR count). The van der Waals surface area contributed by atoms with Crippen molar-refractivity contribution < 1.29 is 9.21 Å². The molecule has 0 saturated heterocycles. The zero-order valence-corrected chi connectivity index (χ0v) is 17.8. The lowest BCUT2D eigenvalue weighted by molar-refractivity contribution is -0.128. The van der Waals surface area contributed by atoms with E-state index in [4.69, 9.17) is 16.0 Å². The molecule has 2 aromatic carbocycles. The molecule has 1 aromatic heterocycles. The number of benzene rings is 2. The highest BCUT2D eigenvalue weighted by atomic mass is 79.9. The average Bonchev–Trinajstić information content (AvgIpc) is 3.14. The van der Waals surface area contributed by atoms with Crippen LogP contribution in [0.2, 0.25) is 5.02 Å². The molecule has 0 aliphatic carbocycles. The van der Waals surface area contributed by atoms with Crippen molar-refractivity contribution >= 4 is 39.5 Å². The molecule has 1 amide bonds. The second-order valence-corrected chi connectivity index (χ2v) is 7.66. The fraction of sp³-hybridized carbons (Fsp3) is 0.190. The normalized spacial score (nSPS) is 11.3. The molecule has 0 aliphatic rings. The second-order valence-electron chi connectivity index (χ2n) is 6.40. The van der Waals surface area contributed by atoms with Crippen LogP contribution in [0, 0.1) is 0 Å². The molecule has 0 unspecified atom stereocenters. The van der Waals surface area contributed by atoms with Gasteiger partial charge in [0.15, 0.2) is 0 Å². The van der Waals surface area contributed by atoms with Crippen molar-refractivity contribution in [2.24, 2.45) is 0 Å². The first-order chi connectivity index (χ1) is 13.5. The van der Waals surface area contributed by atoms with Crippen LogP contribution in [0.4, 0.5) is 0 Å². The predicted molar refractivity (Wildman–Crippen MR) is 114 cm³/mol. The van der Waals surface area contributed by atoms with E-state index in [1.54, 1.807) is 23.1 Å². The molecule has 7 heteroatoms. The Labute approximate surface area is 177 Å².